The van der Waals surface area contributed by atoms with Crippen molar-refractivity contribution in [2.45, 2.75) is 49.8 Å². The number of carbonyl (C=O) groups excluding carboxylic acids is 1. The van der Waals surface area contributed by atoms with Gasteiger partial charge in [0.15, 0.2) is 0 Å². The number of nitrogens with zero attached hydrogens (tertiary/aromatic N) is 1. The van der Waals surface area contributed by atoms with Gasteiger partial charge in [-0.2, -0.15) is 12.7 Å². The molecule has 1 aliphatic heterocycles. The largest absolute Gasteiger partial charge is 0.459 e. The lowest BCUT2D eigenvalue weighted by molar-refractivity contribution is -0.158. The predicted octanol–water partition coefficient (Wildman–Crippen LogP) is 2.29. The summed E-state index contributed by atoms with van der Waals surface area (Å²) in [7, 11) is -7.94. The van der Waals surface area contributed by atoms with Crippen LogP contribution in [-0.2, 0) is 33.9 Å². The quantitative estimate of drug-likeness (QED) is 0.503. The molecule has 1 saturated heterocycles. The highest BCUT2D eigenvalue weighted by molar-refractivity contribution is 7.89. The lowest BCUT2D eigenvalue weighted by atomic mass is 10.1. The average Bonchev–Trinajstić information content (AvgIpc) is 3.03. The number of esters is 1. The molecule has 1 heterocycles. The third kappa shape index (κ3) is 5.18. The molecule has 0 spiro atoms. The molecule has 30 heavy (non-hydrogen) atoms. The fourth-order valence-corrected chi connectivity index (χ4v) is 5.69. The van der Waals surface area contributed by atoms with E-state index in [0.29, 0.717) is 0 Å². The first-order valence-corrected chi connectivity index (χ1v) is 12.6. The summed E-state index contributed by atoms with van der Waals surface area (Å²) in [4.78, 5) is 12.7. The van der Waals surface area contributed by atoms with Crippen LogP contribution in [0.2, 0.25) is 0 Å². The number of ether oxygens (including phenoxy) is 1. The van der Waals surface area contributed by atoms with Gasteiger partial charge in [-0.3, -0.25) is 8.98 Å². The summed E-state index contributed by atoms with van der Waals surface area (Å²) in [5, 5.41) is 1.61. The molecular formula is C20H25NO7S2. The van der Waals surface area contributed by atoms with Crippen molar-refractivity contribution in [3.8, 4) is 0 Å². The van der Waals surface area contributed by atoms with E-state index in [1.54, 1.807) is 39.0 Å². The molecule has 1 aliphatic rings. The van der Waals surface area contributed by atoms with Crippen molar-refractivity contribution in [3.05, 3.63) is 42.5 Å². The zero-order valence-electron chi connectivity index (χ0n) is 17.2. The number of fused-ring (bicyclic) bond motifs is 1. The third-order valence-corrected chi connectivity index (χ3v) is 7.03. The van der Waals surface area contributed by atoms with Gasteiger partial charge in [0, 0.05) is 13.0 Å². The fraction of sp³-hybridized carbons (Fsp3) is 0.450. The van der Waals surface area contributed by atoms with E-state index in [9.17, 15) is 21.6 Å². The van der Waals surface area contributed by atoms with E-state index in [-0.39, 0.29) is 17.9 Å². The first kappa shape index (κ1) is 22.7. The highest BCUT2D eigenvalue weighted by Crippen LogP contribution is 2.31. The van der Waals surface area contributed by atoms with Crippen LogP contribution in [0.3, 0.4) is 0 Å². The van der Waals surface area contributed by atoms with Crippen LogP contribution in [0.5, 0.6) is 0 Å². The summed E-state index contributed by atoms with van der Waals surface area (Å²) in [6.45, 7) is 4.75. The Labute approximate surface area is 177 Å². The number of hydrogen-bond acceptors (Lipinski definition) is 7. The smallest absolute Gasteiger partial charge is 0.325 e. The molecule has 0 N–H and O–H groups in total. The molecule has 0 aliphatic carbocycles. The molecule has 2 aromatic rings. The maximum atomic E-state index is 13.4. The Bertz CT molecular complexity index is 1170. The van der Waals surface area contributed by atoms with Gasteiger partial charge in [-0.15, -0.1) is 0 Å². The molecule has 0 aromatic heterocycles. The van der Waals surface area contributed by atoms with Crippen molar-refractivity contribution in [2.24, 2.45) is 0 Å². The first-order chi connectivity index (χ1) is 13.8. The summed E-state index contributed by atoms with van der Waals surface area (Å²) in [6.07, 6.45) is -0.210. The third-order valence-electron chi connectivity index (χ3n) is 4.53. The molecule has 3 rings (SSSR count). The molecule has 0 unspecified atom stereocenters. The average molecular weight is 456 g/mol. The fourth-order valence-electron chi connectivity index (χ4n) is 3.40. The predicted molar refractivity (Wildman–Crippen MR) is 112 cm³/mol. The molecule has 0 bridgehead atoms. The lowest BCUT2D eigenvalue weighted by Crippen LogP contribution is -2.43. The van der Waals surface area contributed by atoms with Crippen LogP contribution in [0.4, 0.5) is 0 Å². The van der Waals surface area contributed by atoms with Crippen LogP contribution in [0.25, 0.3) is 10.8 Å². The van der Waals surface area contributed by atoms with E-state index in [1.807, 2.05) is 12.1 Å². The van der Waals surface area contributed by atoms with Crippen molar-refractivity contribution < 1.29 is 30.6 Å². The Morgan fingerprint density at radius 3 is 2.27 bits per heavy atom. The molecule has 8 nitrogen and oxygen atoms in total. The van der Waals surface area contributed by atoms with Crippen molar-refractivity contribution in [1.82, 2.24) is 4.31 Å². The van der Waals surface area contributed by atoms with Crippen molar-refractivity contribution in [2.75, 3.05) is 12.8 Å². The summed E-state index contributed by atoms with van der Waals surface area (Å²) >= 11 is 0. The number of carbonyl (C=O) groups is 1. The Morgan fingerprint density at radius 1 is 1.03 bits per heavy atom. The van der Waals surface area contributed by atoms with Crippen molar-refractivity contribution >= 4 is 36.9 Å². The van der Waals surface area contributed by atoms with Gasteiger partial charge in [-0.05, 0) is 43.7 Å². The van der Waals surface area contributed by atoms with Gasteiger partial charge in [0.2, 0.25) is 10.0 Å². The van der Waals surface area contributed by atoms with Gasteiger partial charge in [0.05, 0.1) is 17.3 Å². The molecule has 1 fully saturated rings. The molecule has 2 aromatic carbocycles. The Kier molecular flexibility index (Phi) is 5.98. The molecule has 0 radical (unpaired) electrons. The maximum absolute atomic E-state index is 13.4. The van der Waals surface area contributed by atoms with Crippen LogP contribution in [0, 0.1) is 0 Å². The van der Waals surface area contributed by atoms with Gasteiger partial charge in [0.1, 0.15) is 11.6 Å². The lowest BCUT2D eigenvalue weighted by Gasteiger charge is -2.26. The van der Waals surface area contributed by atoms with Gasteiger partial charge in [0.25, 0.3) is 10.1 Å². The Morgan fingerprint density at radius 2 is 1.67 bits per heavy atom. The first-order valence-electron chi connectivity index (χ1n) is 9.38. The van der Waals surface area contributed by atoms with Gasteiger partial charge in [-0.1, -0.05) is 30.3 Å². The van der Waals surface area contributed by atoms with E-state index < -0.39 is 43.9 Å². The van der Waals surface area contributed by atoms with Crippen LogP contribution in [0.1, 0.15) is 27.2 Å². The molecular weight excluding hydrogens is 430 g/mol. The highest BCUT2D eigenvalue weighted by Gasteiger charge is 2.47. The minimum atomic E-state index is -4.11. The Hall–Kier alpha value is -2.01. The molecule has 2 atom stereocenters. The van der Waals surface area contributed by atoms with Gasteiger partial charge in [-0.25, -0.2) is 8.42 Å². The Balaban J connectivity index is 1.99. The minimum absolute atomic E-state index is 0.00904. The zero-order chi connectivity index (χ0) is 22.3. The topological polar surface area (TPSA) is 107 Å². The molecule has 0 amide bonds. The van der Waals surface area contributed by atoms with Crippen LogP contribution >= 0.6 is 0 Å². The zero-order valence-corrected chi connectivity index (χ0v) is 18.9. The minimum Gasteiger partial charge on any atom is -0.459 e. The SMILES string of the molecule is CC(C)(C)OC(=O)[C@@H]1C[C@H](OS(C)(=O)=O)CN1S(=O)(=O)c1ccc2ccccc2c1. The summed E-state index contributed by atoms with van der Waals surface area (Å²) < 4.78 is 61.2. The van der Waals surface area contributed by atoms with E-state index >= 15 is 0 Å². The highest BCUT2D eigenvalue weighted by atomic mass is 32.2. The normalized spacial score (nSPS) is 21.1. The standard InChI is InChI=1S/C20H25NO7S2/c1-20(2,3)27-19(22)18-12-16(28-29(4,23)24)13-21(18)30(25,26)17-10-9-14-7-5-6-8-15(14)11-17/h5-11,16,18H,12-13H2,1-4H3/t16-,18-/m0/s1. The van der Waals surface area contributed by atoms with Gasteiger partial charge < -0.3 is 4.74 Å². The van der Waals surface area contributed by atoms with E-state index in [4.69, 9.17) is 8.92 Å². The van der Waals surface area contributed by atoms with Crippen LogP contribution < -0.4 is 0 Å². The number of rotatable bonds is 5. The molecule has 10 heteroatoms. The van der Waals surface area contributed by atoms with Crippen molar-refractivity contribution in [1.29, 1.82) is 0 Å². The second-order valence-corrected chi connectivity index (χ2v) is 11.8. The van der Waals surface area contributed by atoms with E-state index in [2.05, 4.69) is 0 Å². The summed E-state index contributed by atoms with van der Waals surface area (Å²) in [5.41, 5.74) is -0.828. The van der Waals surface area contributed by atoms with E-state index in [1.165, 1.54) is 12.1 Å². The monoisotopic (exact) mass is 455 g/mol. The molecule has 0 saturated carbocycles. The number of sulfonamides is 1. The maximum Gasteiger partial charge on any atom is 0.325 e. The van der Waals surface area contributed by atoms with Crippen LogP contribution in [0.15, 0.2) is 47.4 Å². The molecule has 164 valence electrons. The number of benzene rings is 2. The summed E-state index contributed by atoms with van der Waals surface area (Å²) in [6, 6.07) is 10.8. The van der Waals surface area contributed by atoms with Crippen molar-refractivity contribution in [3.63, 3.8) is 0 Å². The summed E-state index contributed by atoms with van der Waals surface area (Å²) in [5.74, 6) is -0.744. The second-order valence-electron chi connectivity index (χ2n) is 8.29. The van der Waals surface area contributed by atoms with Gasteiger partial charge >= 0.3 is 5.97 Å². The van der Waals surface area contributed by atoms with E-state index in [0.717, 1.165) is 21.3 Å². The second kappa shape index (κ2) is 7.92. The van der Waals surface area contributed by atoms with Crippen LogP contribution in [-0.4, -0.2) is 57.7 Å². The number of hydrogen-bond donors (Lipinski definition) is 0.